The van der Waals surface area contributed by atoms with Crippen LogP contribution in [0.3, 0.4) is 0 Å². The lowest BCUT2D eigenvalue weighted by Crippen LogP contribution is -2.31. The summed E-state index contributed by atoms with van der Waals surface area (Å²) in [7, 11) is 0. The first kappa shape index (κ1) is 22.5. The van der Waals surface area contributed by atoms with Gasteiger partial charge in [0.1, 0.15) is 0 Å². The fraction of sp³-hybridized carbons (Fsp3) is 0.348. The molecule has 0 heterocycles. The molecular formula is C23H31N3O3. The Labute approximate surface area is 172 Å². The highest BCUT2D eigenvalue weighted by atomic mass is 16.5. The Morgan fingerprint density at radius 3 is 2.66 bits per heavy atom. The largest absolute Gasteiger partial charge is 0.466 e. The average molecular weight is 398 g/mol. The summed E-state index contributed by atoms with van der Waals surface area (Å²) in [6.07, 6.45) is 1.88. The van der Waals surface area contributed by atoms with Crippen LogP contribution in [-0.4, -0.2) is 24.2 Å². The Hall–Kier alpha value is -2.83. The summed E-state index contributed by atoms with van der Waals surface area (Å²) in [6, 6.07) is 9.69. The molecule has 0 aliphatic heterocycles. The van der Waals surface area contributed by atoms with E-state index in [-0.39, 0.29) is 24.9 Å². The predicted octanol–water partition coefficient (Wildman–Crippen LogP) is 3.33. The lowest BCUT2D eigenvalue weighted by atomic mass is 9.84. The van der Waals surface area contributed by atoms with Crippen LogP contribution in [0.25, 0.3) is 0 Å². The number of aliphatic hydroxyl groups is 1. The van der Waals surface area contributed by atoms with Crippen molar-refractivity contribution in [3.05, 3.63) is 70.8 Å². The van der Waals surface area contributed by atoms with Crippen LogP contribution in [0.1, 0.15) is 47.1 Å². The Morgan fingerprint density at radius 2 is 2.03 bits per heavy atom. The molecule has 0 bridgehead atoms. The molecule has 156 valence electrons. The van der Waals surface area contributed by atoms with E-state index < -0.39 is 0 Å². The van der Waals surface area contributed by atoms with E-state index >= 15 is 0 Å². The molecule has 6 nitrogen and oxygen atoms in total. The van der Waals surface area contributed by atoms with E-state index in [2.05, 4.69) is 6.58 Å². The fourth-order valence-corrected chi connectivity index (χ4v) is 3.47. The second-order valence-corrected chi connectivity index (χ2v) is 7.06. The monoisotopic (exact) mass is 397 g/mol. The van der Waals surface area contributed by atoms with Gasteiger partial charge in [0.25, 0.3) is 0 Å². The minimum atomic E-state index is -0.280. The number of carbonyl (C=O) groups excluding carboxylic acids is 1. The smallest absolute Gasteiger partial charge is 0.306 e. The molecule has 0 saturated carbocycles. The number of aliphatic hydroxyl groups excluding tert-OH is 1. The summed E-state index contributed by atoms with van der Waals surface area (Å²) in [5, 5.41) is 11.2. The molecule has 0 spiro atoms. The zero-order chi connectivity index (χ0) is 21.6. The molecule has 5 N–H and O–H groups in total. The Balaban J connectivity index is 2.55. The quantitative estimate of drug-likeness (QED) is 0.197. The van der Waals surface area contributed by atoms with Crippen LogP contribution in [-0.2, 0) is 16.1 Å². The standard InChI is InChI=1S/C23H31N3O3/c1-5-11-26(25)21-10-9-19(16(4)23(21)24)20(13-22(28)29-6-2)17-8-7-15(3)18(12-17)14-27/h5,7-10,12,20,27H,1,6,11,13-14,24-25H2,2-4H3. The molecule has 0 radical (unpaired) electrons. The maximum atomic E-state index is 12.3. The lowest BCUT2D eigenvalue weighted by molar-refractivity contribution is -0.143. The minimum Gasteiger partial charge on any atom is -0.466 e. The molecule has 0 amide bonds. The van der Waals surface area contributed by atoms with Gasteiger partial charge in [0.05, 0.1) is 37.6 Å². The highest BCUT2D eigenvalue weighted by molar-refractivity contribution is 5.75. The summed E-state index contributed by atoms with van der Waals surface area (Å²) in [5.41, 5.74) is 12.2. The number of ether oxygens (including phenoxy) is 1. The maximum Gasteiger partial charge on any atom is 0.306 e. The van der Waals surface area contributed by atoms with Crippen molar-refractivity contribution >= 4 is 17.3 Å². The topological polar surface area (TPSA) is 102 Å². The first-order valence-electron chi connectivity index (χ1n) is 9.71. The highest BCUT2D eigenvalue weighted by Crippen LogP contribution is 2.37. The number of nitrogen functional groups attached to an aromatic ring is 1. The van der Waals surface area contributed by atoms with Crippen LogP contribution in [0.5, 0.6) is 0 Å². The molecule has 0 fully saturated rings. The van der Waals surface area contributed by atoms with E-state index in [0.29, 0.717) is 24.5 Å². The van der Waals surface area contributed by atoms with Gasteiger partial charge >= 0.3 is 5.97 Å². The number of nitrogens with two attached hydrogens (primary N) is 2. The predicted molar refractivity (Wildman–Crippen MR) is 118 cm³/mol. The average Bonchev–Trinajstić information content (AvgIpc) is 2.69. The van der Waals surface area contributed by atoms with Gasteiger partial charge in [-0.05, 0) is 54.7 Å². The van der Waals surface area contributed by atoms with Crippen molar-refractivity contribution in [1.29, 1.82) is 0 Å². The third-order valence-corrected chi connectivity index (χ3v) is 5.17. The van der Waals surface area contributed by atoms with Crippen LogP contribution < -0.4 is 16.6 Å². The SMILES string of the molecule is C=CCN(N)c1ccc(C(CC(=O)OCC)c2ccc(C)c(CO)c2)c(C)c1N. The molecule has 2 rings (SSSR count). The second-order valence-electron chi connectivity index (χ2n) is 7.06. The summed E-state index contributed by atoms with van der Waals surface area (Å²) in [4.78, 5) is 12.3. The van der Waals surface area contributed by atoms with Gasteiger partial charge in [0.15, 0.2) is 0 Å². The molecule has 1 unspecified atom stereocenters. The van der Waals surface area contributed by atoms with Crippen LogP contribution in [0.4, 0.5) is 11.4 Å². The Kier molecular flexibility index (Phi) is 7.82. The zero-order valence-corrected chi connectivity index (χ0v) is 17.4. The number of hydrogen-bond donors (Lipinski definition) is 3. The molecule has 1 atom stereocenters. The first-order chi connectivity index (χ1) is 13.8. The van der Waals surface area contributed by atoms with Crippen LogP contribution in [0.15, 0.2) is 43.0 Å². The van der Waals surface area contributed by atoms with Crippen LogP contribution >= 0.6 is 0 Å². The van der Waals surface area contributed by atoms with Crippen molar-refractivity contribution in [3.8, 4) is 0 Å². The van der Waals surface area contributed by atoms with Crippen molar-refractivity contribution in [1.82, 2.24) is 0 Å². The van der Waals surface area contributed by atoms with Gasteiger partial charge in [-0.1, -0.05) is 30.3 Å². The number of carbonyl (C=O) groups is 1. The molecule has 0 aliphatic rings. The zero-order valence-electron chi connectivity index (χ0n) is 17.4. The molecule has 6 heteroatoms. The van der Waals surface area contributed by atoms with Crippen molar-refractivity contribution in [2.45, 2.75) is 39.7 Å². The van der Waals surface area contributed by atoms with E-state index in [0.717, 1.165) is 27.8 Å². The number of hydrazine groups is 1. The van der Waals surface area contributed by atoms with Gasteiger partial charge in [0, 0.05) is 5.92 Å². The Bertz CT molecular complexity index is 880. The number of esters is 1. The molecule has 0 saturated heterocycles. The number of hydrogen-bond acceptors (Lipinski definition) is 6. The summed E-state index contributed by atoms with van der Waals surface area (Å²) in [6.45, 7) is 10.1. The van der Waals surface area contributed by atoms with E-state index in [4.69, 9.17) is 16.3 Å². The minimum absolute atomic E-state index is 0.0600. The van der Waals surface area contributed by atoms with Crippen molar-refractivity contribution in [2.24, 2.45) is 5.84 Å². The fourth-order valence-electron chi connectivity index (χ4n) is 3.47. The molecule has 0 aromatic heterocycles. The van der Waals surface area contributed by atoms with Crippen molar-refractivity contribution in [3.63, 3.8) is 0 Å². The van der Waals surface area contributed by atoms with E-state index in [1.807, 2.05) is 44.2 Å². The van der Waals surface area contributed by atoms with Gasteiger partial charge in [0.2, 0.25) is 0 Å². The van der Waals surface area contributed by atoms with Gasteiger partial charge in [-0.2, -0.15) is 0 Å². The van der Waals surface area contributed by atoms with E-state index in [1.54, 1.807) is 13.0 Å². The molecule has 0 aliphatic carbocycles. The first-order valence-corrected chi connectivity index (χ1v) is 9.71. The van der Waals surface area contributed by atoms with Gasteiger partial charge in [-0.25, -0.2) is 5.84 Å². The summed E-state index contributed by atoms with van der Waals surface area (Å²) in [5.74, 6) is 5.54. The number of nitrogens with zero attached hydrogens (tertiary/aromatic N) is 1. The molecular weight excluding hydrogens is 366 g/mol. The maximum absolute atomic E-state index is 12.3. The van der Waals surface area contributed by atoms with Gasteiger partial charge in [-0.3, -0.25) is 4.79 Å². The van der Waals surface area contributed by atoms with E-state index in [9.17, 15) is 9.90 Å². The van der Waals surface area contributed by atoms with Crippen molar-refractivity contribution < 1.29 is 14.6 Å². The third-order valence-electron chi connectivity index (χ3n) is 5.17. The number of rotatable bonds is 9. The number of anilines is 2. The number of aryl methyl sites for hydroxylation is 1. The van der Waals surface area contributed by atoms with Gasteiger partial charge in [-0.15, -0.1) is 6.58 Å². The summed E-state index contributed by atoms with van der Waals surface area (Å²) >= 11 is 0. The summed E-state index contributed by atoms with van der Waals surface area (Å²) < 4.78 is 5.20. The second kappa shape index (κ2) is 10.1. The lowest BCUT2D eigenvalue weighted by Gasteiger charge is -2.25. The van der Waals surface area contributed by atoms with E-state index in [1.165, 1.54) is 5.01 Å². The molecule has 29 heavy (non-hydrogen) atoms. The molecule has 2 aromatic carbocycles. The highest BCUT2D eigenvalue weighted by Gasteiger charge is 2.23. The van der Waals surface area contributed by atoms with Crippen LogP contribution in [0.2, 0.25) is 0 Å². The third kappa shape index (κ3) is 5.16. The normalized spacial score (nSPS) is 11.8. The molecule has 2 aromatic rings. The van der Waals surface area contributed by atoms with Crippen molar-refractivity contribution in [2.75, 3.05) is 23.9 Å². The Morgan fingerprint density at radius 1 is 1.31 bits per heavy atom. The van der Waals surface area contributed by atoms with Gasteiger partial charge < -0.3 is 20.6 Å². The van der Waals surface area contributed by atoms with Crippen LogP contribution in [0, 0.1) is 13.8 Å². The number of benzene rings is 2.